The van der Waals surface area contributed by atoms with Crippen molar-refractivity contribution in [2.75, 3.05) is 32.5 Å². The lowest BCUT2D eigenvalue weighted by molar-refractivity contribution is 0.396. The van der Waals surface area contributed by atoms with E-state index in [2.05, 4.69) is 64.1 Å². The smallest absolute Gasteiger partial charge is 0.134 e. The van der Waals surface area contributed by atoms with Gasteiger partial charge in [0.2, 0.25) is 0 Å². The van der Waals surface area contributed by atoms with E-state index in [-0.39, 0.29) is 0 Å². The average molecular weight is 315 g/mol. The van der Waals surface area contributed by atoms with Crippen LogP contribution in [0.15, 0.2) is 10.7 Å². The molecule has 0 saturated carbocycles. The van der Waals surface area contributed by atoms with Crippen LogP contribution in [0.1, 0.15) is 38.4 Å². The molecule has 102 valence electrons. The predicted octanol–water partition coefficient (Wildman–Crippen LogP) is 3.12. The summed E-state index contributed by atoms with van der Waals surface area (Å²) in [5.74, 6) is 2.13. The molecule has 0 atom stereocenters. The summed E-state index contributed by atoms with van der Waals surface area (Å²) in [5, 5.41) is 3.35. The largest absolute Gasteiger partial charge is 0.370 e. The van der Waals surface area contributed by atoms with Crippen molar-refractivity contribution < 1.29 is 0 Å². The lowest BCUT2D eigenvalue weighted by Gasteiger charge is -2.11. The maximum atomic E-state index is 4.50. The van der Waals surface area contributed by atoms with Gasteiger partial charge in [0.15, 0.2) is 0 Å². The summed E-state index contributed by atoms with van der Waals surface area (Å²) in [4.78, 5) is 11.1. The maximum absolute atomic E-state index is 4.50. The molecule has 1 rings (SSSR count). The monoisotopic (exact) mass is 314 g/mol. The third kappa shape index (κ3) is 5.78. The van der Waals surface area contributed by atoms with E-state index in [1.807, 2.05) is 6.07 Å². The van der Waals surface area contributed by atoms with Crippen molar-refractivity contribution in [2.45, 2.75) is 32.6 Å². The Hall–Kier alpha value is -0.680. The predicted molar refractivity (Wildman–Crippen MR) is 80.1 cm³/mol. The molecule has 0 bridgehead atoms. The van der Waals surface area contributed by atoms with Crippen LogP contribution in [0.25, 0.3) is 0 Å². The Morgan fingerprint density at radius 1 is 1.28 bits per heavy atom. The van der Waals surface area contributed by atoms with E-state index >= 15 is 0 Å². The van der Waals surface area contributed by atoms with Gasteiger partial charge in [-0.1, -0.05) is 13.8 Å². The summed E-state index contributed by atoms with van der Waals surface area (Å²) in [6, 6.07) is 1.93. The maximum Gasteiger partial charge on any atom is 0.134 e. The van der Waals surface area contributed by atoms with E-state index in [4.69, 9.17) is 0 Å². The zero-order chi connectivity index (χ0) is 13.5. The van der Waals surface area contributed by atoms with Gasteiger partial charge in [-0.3, -0.25) is 0 Å². The Bertz CT molecular complexity index is 366. The molecule has 0 unspecified atom stereocenters. The van der Waals surface area contributed by atoms with Gasteiger partial charge in [0, 0.05) is 18.5 Å². The standard InChI is InChI=1S/C13H23BrN4/c1-10(2)13-16-11(14)9-12(17-13)15-7-5-6-8-18(3)4/h9-10H,5-8H2,1-4H3,(H,15,16,17). The fourth-order valence-corrected chi connectivity index (χ4v) is 1.95. The van der Waals surface area contributed by atoms with Crippen LogP contribution in [-0.2, 0) is 0 Å². The number of unbranched alkanes of at least 4 members (excludes halogenated alkanes) is 1. The van der Waals surface area contributed by atoms with Crippen molar-refractivity contribution in [3.8, 4) is 0 Å². The minimum atomic E-state index is 0.344. The second kappa shape index (κ2) is 7.69. The van der Waals surface area contributed by atoms with E-state index in [1.165, 1.54) is 6.42 Å². The first-order chi connectivity index (χ1) is 8.49. The molecule has 1 N–H and O–H groups in total. The van der Waals surface area contributed by atoms with Crippen LogP contribution in [0.4, 0.5) is 5.82 Å². The van der Waals surface area contributed by atoms with Crippen LogP contribution in [-0.4, -0.2) is 42.1 Å². The van der Waals surface area contributed by atoms with Crippen molar-refractivity contribution in [3.05, 3.63) is 16.5 Å². The van der Waals surface area contributed by atoms with Crippen molar-refractivity contribution in [3.63, 3.8) is 0 Å². The number of nitrogens with one attached hydrogen (secondary N) is 1. The zero-order valence-electron chi connectivity index (χ0n) is 11.7. The normalized spacial score (nSPS) is 11.3. The molecule has 0 aliphatic heterocycles. The van der Waals surface area contributed by atoms with E-state index in [9.17, 15) is 0 Å². The number of halogens is 1. The van der Waals surface area contributed by atoms with Crippen LogP contribution in [0.5, 0.6) is 0 Å². The average Bonchev–Trinajstić information content (AvgIpc) is 2.27. The highest BCUT2D eigenvalue weighted by molar-refractivity contribution is 9.10. The molecule has 1 heterocycles. The summed E-state index contributed by atoms with van der Waals surface area (Å²) in [5.41, 5.74) is 0. The highest BCUT2D eigenvalue weighted by Crippen LogP contribution is 2.17. The number of aromatic nitrogens is 2. The molecule has 4 nitrogen and oxygen atoms in total. The summed E-state index contributed by atoms with van der Waals surface area (Å²) in [6.07, 6.45) is 2.35. The molecule has 0 saturated heterocycles. The Kier molecular flexibility index (Phi) is 6.57. The van der Waals surface area contributed by atoms with Crippen molar-refractivity contribution in [2.24, 2.45) is 0 Å². The van der Waals surface area contributed by atoms with Crippen molar-refractivity contribution in [1.29, 1.82) is 0 Å². The third-order valence-electron chi connectivity index (χ3n) is 2.57. The molecule has 18 heavy (non-hydrogen) atoms. The summed E-state index contributed by atoms with van der Waals surface area (Å²) in [7, 11) is 4.20. The topological polar surface area (TPSA) is 41.1 Å². The minimum absolute atomic E-state index is 0.344. The molecule has 0 spiro atoms. The lowest BCUT2D eigenvalue weighted by Crippen LogP contribution is -2.14. The quantitative estimate of drug-likeness (QED) is 0.620. The molecule has 0 aromatic carbocycles. The van der Waals surface area contributed by atoms with Gasteiger partial charge < -0.3 is 10.2 Å². The molecule has 0 fully saturated rings. The Morgan fingerprint density at radius 3 is 2.61 bits per heavy atom. The van der Waals surface area contributed by atoms with Crippen molar-refractivity contribution in [1.82, 2.24) is 14.9 Å². The first-order valence-electron chi connectivity index (χ1n) is 6.42. The summed E-state index contributed by atoms with van der Waals surface area (Å²) in [6.45, 7) is 6.28. The van der Waals surface area contributed by atoms with Gasteiger partial charge in [0.05, 0.1) is 0 Å². The summed E-state index contributed by atoms with van der Waals surface area (Å²) < 4.78 is 0.844. The molecule has 0 radical (unpaired) electrons. The molecule has 1 aromatic heterocycles. The highest BCUT2D eigenvalue weighted by Gasteiger charge is 2.06. The number of anilines is 1. The third-order valence-corrected chi connectivity index (χ3v) is 2.97. The van der Waals surface area contributed by atoms with Gasteiger partial charge in [-0.05, 0) is 49.4 Å². The lowest BCUT2D eigenvalue weighted by atomic mass is 10.2. The zero-order valence-corrected chi connectivity index (χ0v) is 13.3. The molecule has 0 aliphatic rings. The SMILES string of the molecule is CC(C)c1nc(Br)cc(NCCCCN(C)C)n1. The Balaban J connectivity index is 2.42. The van der Waals surface area contributed by atoms with E-state index in [0.717, 1.165) is 35.8 Å². The fourth-order valence-electron chi connectivity index (χ4n) is 1.55. The Labute approximate surface area is 118 Å². The van der Waals surface area contributed by atoms with Crippen LogP contribution >= 0.6 is 15.9 Å². The second-order valence-corrected chi connectivity index (χ2v) is 5.84. The second-order valence-electron chi connectivity index (χ2n) is 5.03. The van der Waals surface area contributed by atoms with E-state index in [0.29, 0.717) is 5.92 Å². The molecular formula is C13H23BrN4. The van der Waals surface area contributed by atoms with Gasteiger partial charge in [-0.25, -0.2) is 9.97 Å². The van der Waals surface area contributed by atoms with Crippen LogP contribution in [0.2, 0.25) is 0 Å². The summed E-state index contributed by atoms with van der Waals surface area (Å²) >= 11 is 3.43. The first kappa shape index (κ1) is 15.4. The fraction of sp³-hybridized carbons (Fsp3) is 0.692. The van der Waals surface area contributed by atoms with Gasteiger partial charge in [0.25, 0.3) is 0 Å². The van der Waals surface area contributed by atoms with Gasteiger partial charge in [-0.15, -0.1) is 0 Å². The van der Waals surface area contributed by atoms with E-state index in [1.54, 1.807) is 0 Å². The molecule has 0 aliphatic carbocycles. The van der Waals surface area contributed by atoms with Crippen LogP contribution < -0.4 is 5.32 Å². The number of hydrogen-bond donors (Lipinski definition) is 1. The van der Waals surface area contributed by atoms with Gasteiger partial charge in [0.1, 0.15) is 16.2 Å². The van der Waals surface area contributed by atoms with Gasteiger partial charge in [-0.2, -0.15) is 0 Å². The number of rotatable bonds is 7. The number of nitrogens with zero attached hydrogens (tertiary/aromatic N) is 3. The first-order valence-corrected chi connectivity index (χ1v) is 7.21. The molecular weight excluding hydrogens is 292 g/mol. The molecule has 0 amide bonds. The number of hydrogen-bond acceptors (Lipinski definition) is 4. The van der Waals surface area contributed by atoms with Crippen molar-refractivity contribution >= 4 is 21.7 Å². The van der Waals surface area contributed by atoms with Crippen LogP contribution in [0.3, 0.4) is 0 Å². The van der Waals surface area contributed by atoms with Crippen LogP contribution in [0, 0.1) is 0 Å². The molecule has 5 heteroatoms. The minimum Gasteiger partial charge on any atom is -0.370 e. The van der Waals surface area contributed by atoms with Gasteiger partial charge >= 0.3 is 0 Å². The highest BCUT2D eigenvalue weighted by atomic mass is 79.9. The Morgan fingerprint density at radius 2 is 2.00 bits per heavy atom. The van der Waals surface area contributed by atoms with E-state index < -0.39 is 0 Å². The molecule has 1 aromatic rings.